The summed E-state index contributed by atoms with van der Waals surface area (Å²) in [5.41, 5.74) is 2.01. The van der Waals surface area contributed by atoms with E-state index in [9.17, 15) is 19.7 Å². The molecule has 130 valence electrons. The first-order valence-corrected chi connectivity index (χ1v) is 7.75. The zero-order chi connectivity index (χ0) is 18.4. The molecule has 1 unspecified atom stereocenters. The summed E-state index contributed by atoms with van der Waals surface area (Å²) in [7, 11) is 0. The van der Waals surface area contributed by atoms with Gasteiger partial charge in [-0.25, -0.2) is 0 Å². The molecular formula is C18H19N3O4. The Labute approximate surface area is 145 Å². The molecule has 25 heavy (non-hydrogen) atoms. The molecular weight excluding hydrogens is 322 g/mol. The predicted octanol–water partition coefficient (Wildman–Crippen LogP) is 2.34. The van der Waals surface area contributed by atoms with Crippen LogP contribution in [0.5, 0.6) is 0 Å². The summed E-state index contributed by atoms with van der Waals surface area (Å²) in [6.07, 6.45) is 0. The minimum Gasteiger partial charge on any atom is -0.350 e. The van der Waals surface area contributed by atoms with Gasteiger partial charge in [-0.3, -0.25) is 19.7 Å². The molecule has 0 saturated carbocycles. The largest absolute Gasteiger partial charge is 0.350 e. The molecule has 0 heterocycles. The number of nitrogens with one attached hydrogen (secondary N) is 2. The summed E-state index contributed by atoms with van der Waals surface area (Å²) in [4.78, 5) is 34.4. The van der Waals surface area contributed by atoms with E-state index in [0.29, 0.717) is 6.54 Å². The maximum atomic E-state index is 12.1. The van der Waals surface area contributed by atoms with Crippen LogP contribution in [0.2, 0.25) is 0 Å². The molecule has 0 saturated heterocycles. The lowest BCUT2D eigenvalue weighted by atomic mass is 10.1. The van der Waals surface area contributed by atoms with Crippen molar-refractivity contribution in [2.24, 2.45) is 0 Å². The van der Waals surface area contributed by atoms with Crippen LogP contribution in [0.1, 0.15) is 28.4 Å². The molecule has 2 rings (SSSR count). The first-order chi connectivity index (χ1) is 11.9. The molecule has 7 nitrogen and oxygen atoms in total. The van der Waals surface area contributed by atoms with Crippen LogP contribution in [0, 0.1) is 17.0 Å². The molecule has 0 aliphatic carbocycles. The lowest BCUT2D eigenvalue weighted by Crippen LogP contribution is -2.44. The van der Waals surface area contributed by atoms with Crippen LogP contribution in [0.15, 0.2) is 48.5 Å². The summed E-state index contributed by atoms with van der Waals surface area (Å²) in [5, 5.41) is 16.0. The fourth-order valence-corrected chi connectivity index (χ4v) is 2.27. The minimum absolute atomic E-state index is 0.132. The molecule has 2 aromatic carbocycles. The first kappa shape index (κ1) is 18.1. The number of benzene rings is 2. The number of amides is 2. The minimum atomic E-state index is -0.767. The Bertz CT molecular complexity index is 804. The molecule has 0 fully saturated rings. The third-order valence-electron chi connectivity index (χ3n) is 3.61. The lowest BCUT2D eigenvalue weighted by Gasteiger charge is -2.14. The Morgan fingerprint density at radius 1 is 1.16 bits per heavy atom. The summed E-state index contributed by atoms with van der Waals surface area (Å²) in [6.45, 7) is 3.88. The van der Waals surface area contributed by atoms with Gasteiger partial charge in [-0.2, -0.15) is 0 Å². The standard InChI is InChI=1S/C18H19N3O4/c1-12-5-3-6-14(9-12)11-19-17(22)13(2)20-18(23)15-7-4-8-16(10-15)21(24)25/h3-10,13H,11H2,1-2H3,(H,19,22)(H,20,23). The number of nitro benzene ring substituents is 1. The SMILES string of the molecule is Cc1cccc(CNC(=O)C(C)NC(=O)c2cccc([N+](=O)[O-])c2)c1. The first-order valence-electron chi connectivity index (χ1n) is 7.75. The van der Waals surface area contributed by atoms with E-state index in [2.05, 4.69) is 10.6 Å². The number of non-ortho nitro benzene ring substituents is 1. The smallest absolute Gasteiger partial charge is 0.270 e. The Morgan fingerprint density at radius 2 is 1.88 bits per heavy atom. The molecule has 0 radical (unpaired) electrons. The second-order valence-electron chi connectivity index (χ2n) is 5.71. The molecule has 1 atom stereocenters. The molecule has 2 amide bonds. The average Bonchev–Trinajstić information content (AvgIpc) is 2.59. The Hall–Kier alpha value is -3.22. The zero-order valence-corrected chi connectivity index (χ0v) is 14.0. The van der Waals surface area contributed by atoms with Crippen LogP contribution >= 0.6 is 0 Å². The maximum Gasteiger partial charge on any atom is 0.270 e. The number of aryl methyl sites for hydroxylation is 1. The van der Waals surface area contributed by atoms with Gasteiger partial charge >= 0.3 is 0 Å². The Balaban J connectivity index is 1.93. The van der Waals surface area contributed by atoms with Gasteiger partial charge in [-0.05, 0) is 25.5 Å². The van der Waals surface area contributed by atoms with Crippen molar-refractivity contribution in [3.05, 3.63) is 75.3 Å². The zero-order valence-electron chi connectivity index (χ0n) is 14.0. The van der Waals surface area contributed by atoms with E-state index < -0.39 is 16.9 Å². The highest BCUT2D eigenvalue weighted by Crippen LogP contribution is 2.13. The summed E-state index contributed by atoms with van der Waals surface area (Å²) >= 11 is 0. The van der Waals surface area contributed by atoms with Gasteiger partial charge in [0.1, 0.15) is 6.04 Å². The van der Waals surface area contributed by atoms with Crippen LogP contribution < -0.4 is 10.6 Å². The number of hydrogen-bond donors (Lipinski definition) is 2. The van der Waals surface area contributed by atoms with Crippen molar-refractivity contribution in [2.45, 2.75) is 26.4 Å². The fraction of sp³-hybridized carbons (Fsp3) is 0.222. The van der Waals surface area contributed by atoms with Crippen molar-refractivity contribution < 1.29 is 14.5 Å². The maximum absolute atomic E-state index is 12.1. The second-order valence-corrected chi connectivity index (χ2v) is 5.71. The molecule has 0 spiro atoms. The Kier molecular flexibility index (Phi) is 5.84. The highest BCUT2D eigenvalue weighted by atomic mass is 16.6. The molecule has 0 aliphatic heterocycles. The molecule has 0 bridgehead atoms. The van der Waals surface area contributed by atoms with Crippen LogP contribution in [0.4, 0.5) is 5.69 Å². The number of carbonyl (C=O) groups excluding carboxylic acids is 2. The Morgan fingerprint density at radius 3 is 2.56 bits per heavy atom. The van der Waals surface area contributed by atoms with Crippen LogP contribution in [-0.2, 0) is 11.3 Å². The topological polar surface area (TPSA) is 101 Å². The fourth-order valence-electron chi connectivity index (χ4n) is 2.27. The van der Waals surface area contributed by atoms with Gasteiger partial charge in [0.2, 0.25) is 5.91 Å². The quantitative estimate of drug-likeness (QED) is 0.622. The van der Waals surface area contributed by atoms with E-state index in [-0.39, 0.29) is 17.2 Å². The van der Waals surface area contributed by atoms with E-state index in [1.165, 1.54) is 24.3 Å². The number of rotatable bonds is 6. The van der Waals surface area contributed by atoms with E-state index in [0.717, 1.165) is 11.1 Å². The van der Waals surface area contributed by atoms with E-state index in [4.69, 9.17) is 0 Å². The molecule has 0 aliphatic rings. The van der Waals surface area contributed by atoms with Crippen molar-refractivity contribution in [3.63, 3.8) is 0 Å². The van der Waals surface area contributed by atoms with Gasteiger partial charge in [0.15, 0.2) is 0 Å². The lowest BCUT2D eigenvalue weighted by molar-refractivity contribution is -0.384. The summed E-state index contributed by atoms with van der Waals surface area (Å²) in [6, 6.07) is 12.3. The number of nitro groups is 1. The van der Waals surface area contributed by atoms with E-state index >= 15 is 0 Å². The van der Waals surface area contributed by atoms with Gasteiger partial charge in [0, 0.05) is 24.2 Å². The molecule has 2 N–H and O–H groups in total. The third-order valence-corrected chi connectivity index (χ3v) is 3.61. The van der Waals surface area contributed by atoms with Crippen molar-refractivity contribution in [3.8, 4) is 0 Å². The van der Waals surface area contributed by atoms with Crippen molar-refractivity contribution in [2.75, 3.05) is 0 Å². The predicted molar refractivity (Wildman–Crippen MR) is 93.1 cm³/mol. The second kappa shape index (κ2) is 8.05. The van der Waals surface area contributed by atoms with Gasteiger partial charge in [-0.15, -0.1) is 0 Å². The van der Waals surface area contributed by atoms with Gasteiger partial charge < -0.3 is 10.6 Å². The highest BCUT2D eigenvalue weighted by Gasteiger charge is 2.18. The van der Waals surface area contributed by atoms with Crippen LogP contribution in [-0.4, -0.2) is 22.8 Å². The van der Waals surface area contributed by atoms with Crippen molar-refractivity contribution in [1.29, 1.82) is 0 Å². The van der Waals surface area contributed by atoms with Gasteiger partial charge in [0.05, 0.1) is 4.92 Å². The van der Waals surface area contributed by atoms with E-state index in [1.54, 1.807) is 6.92 Å². The number of nitrogens with zero attached hydrogens (tertiary/aromatic N) is 1. The van der Waals surface area contributed by atoms with Crippen LogP contribution in [0.25, 0.3) is 0 Å². The average molecular weight is 341 g/mol. The number of hydrogen-bond acceptors (Lipinski definition) is 4. The normalized spacial score (nSPS) is 11.4. The monoisotopic (exact) mass is 341 g/mol. The summed E-state index contributed by atoms with van der Waals surface area (Å²) in [5.74, 6) is -0.873. The van der Waals surface area contributed by atoms with Crippen molar-refractivity contribution >= 4 is 17.5 Å². The van der Waals surface area contributed by atoms with Crippen molar-refractivity contribution in [1.82, 2.24) is 10.6 Å². The van der Waals surface area contributed by atoms with E-state index in [1.807, 2.05) is 31.2 Å². The van der Waals surface area contributed by atoms with Gasteiger partial charge in [0.25, 0.3) is 11.6 Å². The molecule has 7 heteroatoms. The van der Waals surface area contributed by atoms with Gasteiger partial charge in [-0.1, -0.05) is 35.9 Å². The molecule has 0 aromatic heterocycles. The van der Waals surface area contributed by atoms with Crippen LogP contribution in [0.3, 0.4) is 0 Å². The highest BCUT2D eigenvalue weighted by molar-refractivity contribution is 5.97. The summed E-state index contributed by atoms with van der Waals surface area (Å²) < 4.78 is 0. The molecule has 2 aromatic rings. The number of carbonyl (C=O) groups is 2. The third kappa shape index (κ3) is 5.13.